The van der Waals surface area contributed by atoms with Crippen molar-refractivity contribution in [1.29, 1.82) is 0 Å². The van der Waals surface area contributed by atoms with Crippen LogP contribution in [0.15, 0.2) is 42.5 Å². The molecule has 0 spiro atoms. The number of carbonyl (C=O) groups excluding carboxylic acids is 1. The van der Waals surface area contributed by atoms with Gasteiger partial charge in [0.25, 0.3) is 5.91 Å². The number of methoxy groups -OCH3 is 3. The van der Waals surface area contributed by atoms with E-state index in [0.717, 1.165) is 11.3 Å². The molecule has 0 aliphatic carbocycles. The van der Waals surface area contributed by atoms with Crippen LogP contribution in [0.4, 0.5) is 5.69 Å². The summed E-state index contributed by atoms with van der Waals surface area (Å²) in [6.07, 6.45) is -0.157. The van der Waals surface area contributed by atoms with E-state index in [1.165, 1.54) is 21.3 Å². The fourth-order valence-corrected chi connectivity index (χ4v) is 3.59. The van der Waals surface area contributed by atoms with E-state index >= 15 is 0 Å². The van der Waals surface area contributed by atoms with Crippen molar-refractivity contribution in [3.63, 3.8) is 0 Å². The summed E-state index contributed by atoms with van der Waals surface area (Å²) in [6, 6.07) is 12.6. The molecule has 0 radical (unpaired) electrons. The highest BCUT2D eigenvalue weighted by molar-refractivity contribution is 6.30. The van der Waals surface area contributed by atoms with Gasteiger partial charge in [-0.3, -0.25) is 9.48 Å². The van der Waals surface area contributed by atoms with E-state index in [0.29, 0.717) is 46.8 Å². The third-order valence-electron chi connectivity index (χ3n) is 5.03. The summed E-state index contributed by atoms with van der Waals surface area (Å²) in [6.45, 7) is 0.867. The number of fused-ring (bicyclic) bond motifs is 1. The van der Waals surface area contributed by atoms with Crippen molar-refractivity contribution in [3.05, 3.63) is 64.4 Å². The Morgan fingerprint density at radius 3 is 2.39 bits per heavy atom. The van der Waals surface area contributed by atoms with Gasteiger partial charge in [0.1, 0.15) is 6.10 Å². The van der Waals surface area contributed by atoms with Crippen LogP contribution in [0.2, 0.25) is 5.02 Å². The minimum Gasteiger partial charge on any atom is -0.493 e. The van der Waals surface area contributed by atoms with Gasteiger partial charge in [-0.25, -0.2) is 0 Å². The molecule has 2 aromatic carbocycles. The van der Waals surface area contributed by atoms with Gasteiger partial charge in [0.2, 0.25) is 5.75 Å². The summed E-state index contributed by atoms with van der Waals surface area (Å²) >= 11 is 5.97. The van der Waals surface area contributed by atoms with Gasteiger partial charge >= 0.3 is 0 Å². The number of hydrogen-bond acceptors (Lipinski definition) is 6. The van der Waals surface area contributed by atoms with E-state index in [-0.39, 0.29) is 12.0 Å². The van der Waals surface area contributed by atoms with Crippen LogP contribution in [-0.2, 0) is 17.9 Å². The highest BCUT2D eigenvalue weighted by atomic mass is 35.5. The first-order valence-electron chi connectivity index (χ1n) is 9.57. The quantitative estimate of drug-likeness (QED) is 0.617. The summed E-state index contributed by atoms with van der Waals surface area (Å²) in [5.41, 5.74) is 2.64. The minimum atomic E-state index is -0.348. The fraction of sp³-hybridized carbons (Fsp3) is 0.273. The topological polar surface area (TPSA) is 83.8 Å². The van der Waals surface area contributed by atoms with Gasteiger partial charge in [-0.1, -0.05) is 23.7 Å². The third-order valence-corrected chi connectivity index (χ3v) is 5.28. The van der Waals surface area contributed by atoms with Crippen molar-refractivity contribution in [2.24, 2.45) is 0 Å². The third kappa shape index (κ3) is 4.30. The van der Waals surface area contributed by atoms with Crippen LogP contribution in [0, 0.1) is 0 Å². The maximum atomic E-state index is 12.8. The number of carbonyl (C=O) groups is 1. The summed E-state index contributed by atoms with van der Waals surface area (Å²) in [4.78, 5) is 12.8. The van der Waals surface area contributed by atoms with Crippen molar-refractivity contribution in [2.45, 2.75) is 19.3 Å². The molecule has 1 atom stereocenters. The maximum absolute atomic E-state index is 12.8. The first-order chi connectivity index (χ1) is 15.0. The van der Waals surface area contributed by atoms with Gasteiger partial charge in [0.15, 0.2) is 17.2 Å². The SMILES string of the molecule is COc1cc(NC(=O)c2cc3n(n2)C[C@H](c2ccc(Cl)cc2)OC3)cc(OC)c1OC. The molecule has 8 nitrogen and oxygen atoms in total. The van der Waals surface area contributed by atoms with Crippen molar-refractivity contribution >= 4 is 23.2 Å². The summed E-state index contributed by atoms with van der Waals surface area (Å²) in [7, 11) is 4.56. The van der Waals surface area contributed by atoms with E-state index in [9.17, 15) is 4.79 Å². The Hall–Kier alpha value is -3.23. The molecule has 162 valence electrons. The molecule has 1 aliphatic rings. The molecule has 0 unspecified atom stereocenters. The lowest BCUT2D eigenvalue weighted by Gasteiger charge is -2.24. The van der Waals surface area contributed by atoms with Gasteiger partial charge in [-0.05, 0) is 23.8 Å². The van der Waals surface area contributed by atoms with Crippen molar-refractivity contribution in [1.82, 2.24) is 9.78 Å². The zero-order valence-electron chi connectivity index (χ0n) is 17.3. The molecule has 2 heterocycles. The highest BCUT2D eigenvalue weighted by Gasteiger charge is 2.24. The van der Waals surface area contributed by atoms with Crippen LogP contribution in [0.3, 0.4) is 0 Å². The average molecular weight is 444 g/mol. The number of anilines is 1. The van der Waals surface area contributed by atoms with Crippen LogP contribution in [0.25, 0.3) is 0 Å². The van der Waals surface area contributed by atoms with Crippen LogP contribution in [0.5, 0.6) is 17.2 Å². The lowest BCUT2D eigenvalue weighted by atomic mass is 10.1. The fourth-order valence-electron chi connectivity index (χ4n) is 3.46. The highest BCUT2D eigenvalue weighted by Crippen LogP contribution is 2.40. The Morgan fingerprint density at radius 1 is 1.10 bits per heavy atom. The minimum absolute atomic E-state index is 0.157. The summed E-state index contributed by atoms with van der Waals surface area (Å²) in [5.74, 6) is 0.992. The Labute approximate surface area is 184 Å². The predicted molar refractivity (Wildman–Crippen MR) is 115 cm³/mol. The first-order valence-corrected chi connectivity index (χ1v) is 9.95. The maximum Gasteiger partial charge on any atom is 0.276 e. The Morgan fingerprint density at radius 2 is 1.77 bits per heavy atom. The summed E-state index contributed by atoms with van der Waals surface area (Å²) < 4.78 is 23.7. The number of ether oxygens (including phenoxy) is 4. The van der Waals surface area contributed by atoms with Crippen LogP contribution >= 0.6 is 11.6 Å². The molecule has 1 amide bonds. The number of benzene rings is 2. The average Bonchev–Trinajstić information content (AvgIpc) is 3.22. The van der Waals surface area contributed by atoms with Gasteiger partial charge in [-0.15, -0.1) is 0 Å². The van der Waals surface area contributed by atoms with Gasteiger partial charge in [0, 0.05) is 22.8 Å². The number of nitrogens with zero attached hydrogens (tertiary/aromatic N) is 2. The second-order valence-corrected chi connectivity index (χ2v) is 7.36. The number of hydrogen-bond donors (Lipinski definition) is 1. The number of halogens is 1. The summed E-state index contributed by atoms with van der Waals surface area (Å²) in [5, 5.41) is 7.97. The van der Waals surface area contributed by atoms with E-state index < -0.39 is 0 Å². The lowest BCUT2D eigenvalue weighted by Crippen LogP contribution is -2.22. The Kier molecular flexibility index (Phi) is 6.01. The van der Waals surface area contributed by atoms with E-state index in [2.05, 4.69) is 10.4 Å². The predicted octanol–water partition coefficient (Wildman–Crippen LogP) is 4.09. The zero-order valence-corrected chi connectivity index (χ0v) is 18.1. The van der Waals surface area contributed by atoms with Gasteiger partial charge in [0.05, 0.1) is 40.2 Å². The zero-order chi connectivity index (χ0) is 22.0. The van der Waals surface area contributed by atoms with Crippen molar-refractivity contribution < 1.29 is 23.7 Å². The monoisotopic (exact) mass is 443 g/mol. The molecule has 3 aromatic rings. The number of rotatable bonds is 6. The largest absolute Gasteiger partial charge is 0.493 e. The molecular weight excluding hydrogens is 422 g/mol. The number of aromatic nitrogens is 2. The van der Waals surface area contributed by atoms with Gasteiger partial charge in [-0.2, -0.15) is 5.10 Å². The van der Waals surface area contributed by atoms with Crippen molar-refractivity contribution in [3.8, 4) is 17.2 Å². The molecule has 1 aliphatic heterocycles. The standard InChI is InChI=1S/C22H22ClN3O5/c1-28-18-8-15(9-19(29-2)21(18)30-3)24-22(27)17-10-16-12-31-20(11-26(16)25-17)13-4-6-14(23)7-5-13/h4-10,20H,11-12H2,1-3H3,(H,24,27)/t20-/m1/s1. The first kappa shape index (κ1) is 21.0. The molecule has 0 saturated carbocycles. The van der Waals surface area contributed by atoms with Crippen molar-refractivity contribution in [2.75, 3.05) is 26.6 Å². The smallest absolute Gasteiger partial charge is 0.276 e. The Bertz CT molecular complexity index is 1070. The second kappa shape index (κ2) is 8.87. The normalized spacial score (nSPS) is 15.2. The number of amides is 1. The van der Waals surface area contributed by atoms with Crippen LogP contribution in [0.1, 0.15) is 27.8 Å². The van der Waals surface area contributed by atoms with Crippen LogP contribution < -0.4 is 19.5 Å². The second-order valence-electron chi connectivity index (χ2n) is 6.92. The molecule has 1 aromatic heterocycles. The lowest BCUT2D eigenvalue weighted by molar-refractivity contribution is -0.00118. The van der Waals surface area contributed by atoms with E-state index in [1.54, 1.807) is 22.9 Å². The molecule has 1 N–H and O–H groups in total. The molecule has 0 fully saturated rings. The molecule has 9 heteroatoms. The van der Waals surface area contributed by atoms with E-state index in [1.807, 2.05) is 24.3 Å². The molecule has 31 heavy (non-hydrogen) atoms. The Balaban J connectivity index is 1.52. The molecule has 0 bridgehead atoms. The molecule has 4 rings (SSSR count). The molecule has 0 saturated heterocycles. The number of nitrogens with one attached hydrogen (secondary N) is 1. The van der Waals surface area contributed by atoms with E-state index in [4.69, 9.17) is 30.5 Å². The van der Waals surface area contributed by atoms with Gasteiger partial charge < -0.3 is 24.3 Å². The van der Waals surface area contributed by atoms with Crippen LogP contribution in [-0.4, -0.2) is 37.0 Å². The molecular formula is C22H22ClN3O5.